The van der Waals surface area contributed by atoms with E-state index < -0.39 is 28.4 Å². The predicted octanol–water partition coefficient (Wildman–Crippen LogP) is 3.89. The van der Waals surface area contributed by atoms with Crippen LogP contribution < -0.4 is 11.1 Å². The van der Waals surface area contributed by atoms with Crippen molar-refractivity contribution in [2.75, 3.05) is 18.4 Å². The molecule has 0 radical (unpaired) electrons. The fraction of sp³-hybridized carbons (Fsp3) is 0.167. The van der Waals surface area contributed by atoms with E-state index in [4.69, 9.17) is 28.9 Å². The second-order valence-electron chi connectivity index (χ2n) is 7.54. The second kappa shape index (κ2) is 11.5. The van der Waals surface area contributed by atoms with Gasteiger partial charge in [-0.05, 0) is 47.9 Å². The molecule has 0 spiro atoms. The predicted molar refractivity (Wildman–Crippen MR) is 133 cm³/mol. The first-order valence-electron chi connectivity index (χ1n) is 10.3. The summed E-state index contributed by atoms with van der Waals surface area (Å²) in [6, 6.07) is 20.1. The summed E-state index contributed by atoms with van der Waals surface area (Å²) in [5.74, 6) is -0.992. The van der Waals surface area contributed by atoms with E-state index in [0.29, 0.717) is 17.7 Å². The van der Waals surface area contributed by atoms with Crippen LogP contribution in [0.4, 0.5) is 5.69 Å². The van der Waals surface area contributed by atoms with Gasteiger partial charge in [0.25, 0.3) is 0 Å². The number of amides is 2. The van der Waals surface area contributed by atoms with Crippen molar-refractivity contribution in [1.29, 1.82) is 0 Å². The average Bonchev–Trinajstić information content (AvgIpc) is 2.79. The van der Waals surface area contributed by atoms with Crippen molar-refractivity contribution in [3.63, 3.8) is 0 Å². The van der Waals surface area contributed by atoms with Crippen molar-refractivity contribution in [2.24, 2.45) is 5.73 Å². The van der Waals surface area contributed by atoms with Crippen LogP contribution in [-0.2, 0) is 32.5 Å². The van der Waals surface area contributed by atoms with Gasteiger partial charge in [0, 0.05) is 17.3 Å². The smallest absolute Gasteiger partial charge is 0.245 e. The average molecular weight is 520 g/mol. The second-order valence-corrected chi connectivity index (χ2v) is 10.3. The largest absolute Gasteiger partial charge is 0.369 e. The summed E-state index contributed by atoms with van der Waals surface area (Å²) in [7, 11) is -4.13. The van der Waals surface area contributed by atoms with Gasteiger partial charge in [-0.2, -0.15) is 4.31 Å². The standard InChI is InChI=1S/C24H23Cl2N3O4S/c25-19-8-11-21(26)22(15-19)34(32,33)29(13-12-17-4-2-1-3-5-17)16-24(31)28-20-9-6-18(7-10-20)14-23(27)30/h1-11,15H,12-14,16H2,(H2,27,30)(H,28,31). The highest BCUT2D eigenvalue weighted by atomic mass is 35.5. The molecular weight excluding hydrogens is 497 g/mol. The number of halogens is 2. The monoisotopic (exact) mass is 519 g/mol. The summed E-state index contributed by atoms with van der Waals surface area (Å²) in [6.07, 6.45) is 0.480. The molecule has 0 aliphatic rings. The summed E-state index contributed by atoms with van der Waals surface area (Å²) in [6.45, 7) is -0.374. The lowest BCUT2D eigenvalue weighted by molar-refractivity contribution is -0.117. The molecule has 0 heterocycles. The van der Waals surface area contributed by atoms with Crippen LogP contribution in [-0.4, -0.2) is 37.6 Å². The number of anilines is 1. The molecule has 3 aromatic carbocycles. The Morgan fingerprint density at radius 2 is 1.59 bits per heavy atom. The first-order chi connectivity index (χ1) is 16.1. The zero-order chi connectivity index (χ0) is 24.7. The molecule has 7 nitrogen and oxygen atoms in total. The molecule has 3 aromatic rings. The molecule has 0 aliphatic heterocycles. The minimum absolute atomic E-state index is 0.0135. The minimum atomic E-state index is -4.13. The lowest BCUT2D eigenvalue weighted by Gasteiger charge is -2.22. The molecule has 0 saturated carbocycles. The van der Waals surface area contributed by atoms with Crippen LogP contribution in [0.2, 0.25) is 10.0 Å². The van der Waals surface area contributed by atoms with Crippen molar-refractivity contribution in [3.05, 3.63) is 94.0 Å². The van der Waals surface area contributed by atoms with Gasteiger partial charge in [0.1, 0.15) is 4.90 Å². The van der Waals surface area contributed by atoms with Gasteiger partial charge in [-0.15, -0.1) is 0 Å². The molecule has 34 heavy (non-hydrogen) atoms. The number of nitrogens with two attached hydrogens (primary N) is 1. The number of primary amides is 1. The number of rotatable bonds is 10. The number of nitrogens with one attached hydrogen (secondary N) is 1. The van der Waals surface area contributed by atoms with Crippen LogP contribution in [0.5, 0.6) is 0 Å². The van der Waals surface area contributed by atoms with E-state index in [1.807, 2.05) is 30.3 Å². The third-order valence-electron chi connectivity index (χ3n) is 4.94. The number of benzene rings is 3. The van der Waals surface area contributed by atoms with E-state index in [9.17, 15) is 18.0 Å². The van der Waals surface area contributed by atoms with Gasteiger partial charge in [-0.1, -0.05) is 65.7 Å². The van der Waals surface area contributed by atoms with E-state index in [1.165, 1.54) is 18.2 Å². The van der Waals surface area contributed by atoms with Crippen LogP contribution in [0.15, 0.2) is 77.7 Å². The quantitative estimate of drug-likeness (QED) is 0.423. The molecular formula is C24H23Cl2N3O4S. The molecule has 0 aliphatic carbocycles. The van der Waals surface area contributed by atoms with Crippen molar-refractivity contribution in [1.82, 2.24) is 4.31 Å². The SMILES string of the molecule is NC(=O)Cc1ccc(NC(=O)CN(CCc2ccccc2)S(=O)(=O)c2cc(Cl)ccc2Cl)cc1. The molecule has 10 heteroatoms. The van der Waals surface area contributed by atoms with E-state index in [1.54, 1.807) is 24.3 Å². The third kappa shape index (κ3) is 7.04. The molecule has 3 rings (SSSR count). The maximum atomic E-state index is 13.4. The van der Waals surface area contributed by atoms with Crippen molar-refractivity contribution in [2.45, 2.75) is 17.7 Å². The molecule has 0 unspecified atom stereocenters. The summed E-state index contributed by atoms with van der Waals surface area (Å²) in [5.41, 5.74) is 7.27. The van der Waals surface area contributed by atoms with E-state index >= 15 is 0 Å². The van der Waals surface area contributed by atoms with Crippen molar-refractivity contribution in [3.8, 4) is 0 Å². The van der Waals surface area contributed by atoms with Crippen molar-refractivity contribution < 1.29 is 18.0 Å². The number of carbonyl (C=O) groups is 2. The Balaban J connectivity index is 1.80. The Kier molecular flexibility index (Phi) is 8.68. The molecule has 0 atom stereocenters. The highest BCUT2D eigenvalue weighted by Crippen LogP contribution is 2.28. The summed E-state index contributed by atoms with van der Waals surface area (Å²) >= 11 is 12.2. The Hall–Kier alpha value is -2.91. The van der Waals surface area contributed by atoms with Gasteiger partial charge in [-0.25, -0.2) is 8.42 Å². The Bertz CT molecular complexity index is 1270. The fourth-order valence-electron chi connectivity index (χ4n) is 3.26. The van der Waals surface area contributed by atoms with Gasteiger partial charge in [-0.3, -0.25) is 9.59 Å². The number of hydrogen-bond acceptors (Lipinski definition) is 4. The normalized spacial score (nSPS) is 11.4. The minimum Gasteiger partial charge on any atom is -0.369 e. The summed E-state index contributed by atoms with van der Waals surface area (Å²) in [5, 5.41) is 2.91. The van der Waals surface area contributed by atoms with Gasteiger partial charge in [0.15, 0.2) is 0 Å². The molecule has 0 aromatic heterocycles. The Morgan fingerprint density at radius 1 is 0.912 bits per heavy atom. The number of nitrogens with zero attached hydrogens (tertiary/aromatic N) is 1. The lowest BCUT2D eigenvalue weighted by atomic mass is 10.1. The van der Waals surface area contributed by atoms with Gasteiger partial charge in [0.05, 0.1) is 18.0 Å². The topological polar surface area (TPSA) is 110 Å². The molecule has 0 saturated heterocycles. The first kappa shape index (κ1) is 25.7. The van der Waals surface area contributed by atoms with Crippen LogP contribution >= 0.6 is 23.2 Å². The lowest BCUT2D eigenvalue weighted by Crippen LogP contribution is -2.39. The van der Waals surface area contributed by atoms with E-state index in [-0.39, 0.29) is 27.9 Å². The van der Waals surface area contributed by atoms with Crippen LogP contribution in [0, 0.1) is 0 Å². The van der Waals surface area contributed by atoms with Crippen molar-refractivity contribution >= 4 is 50.7 Å². The first-order valence-corrected chi connectivity index (χ1v) is 12.5. The van der Waals surface area contributed by atoms with Gasteiger partial charge in [0.2, 0.25) is 21.8 Å². The highest BCUT2D eigenvalue weighted by Gasteiger charge is 2.29. The zero-order valence-corrected chi connectivity index (χ0v) is 20.4. The molecule has 0 bridgehead atoms. The van der Waals surface area contributed by atoms with Crippen LogP contribution in [0.3, 0.4) is 0 Å². The number of sulfonamides is 1. The molecule has 3 N–H and O–H groups in total. The van der Waals surface area contributed by atoms with E-state index in [2.05, 4.69) is 5.32 Å². The molecule has 178 valence electrons. The van der Waals surface area contributed by atoms with Crippen LogP contribution in [0.25, 0.3) is 0 Å². The number of hydrogen-bond donors (Lipinski definition) is 2. The summed E-state index contributed by atoms with van der Waals surface area (Å²) in [4.78, 5) is 23.7. The van der Waals surface area contributed by atoms with Gasteiger partial charge >= 0.3 is 0 Å². The summed E-state index contributed by atoms with van der Waals surface area (Å²) < 4.78 is 27.9. The number of carbonyl (C=O) groups excluding carboxylic acids is 2. The van der Waals surface area contributed by atoms with Crippen LogP contribution in [0.1, 0.15) is 11.1 Å². The highest BCUT2D eigenvalue weighted by molar-refractivity contribution is 7.89. The Morgan fingerprint density at radius 3 is 2.24 bits per heavy atom. The molecule has 2 amide bonds. The maximum absolute atomic E-state index is 13.4. The van der Waals surface area contributed by atoms with E-state index in [0.717, 1.165) is 9.87 Å². The fourth-order valence-corrected chi connectivity index (χ4v) is 5.40. The third-order valence-corrected chi connectivity index (χ3v) is 7.50. The van der Waals surface area contributed by atoms with Gasteiger partial charge < -0.3 is 11.1 Å². The molecule has 0 fully saturated rings. The Labute approximate surface area is 208 Å². The maximum Gasteiger partial charge on any atom is 0.245 e. The zero-order valence-electron chi connectivity index (χ0n) is 18.1.